The van der Waals surface area contributed by atoms with Crippen molar-refractivity contribution in [2.45, 2.75) is 17.7 Å². The van der Waals surface area contributed by atoms with Gasteiger partial charge in [-0.05, 0) is 25.0 Å². The average molecular weight is 295 g/mol. The first-order chi connectivity index (χ1) is 9.46. The van der Waals surface area contributed by atoms with E-state index in [0.717, 1.165) is 0 Å². The summed E-state index contributed by atoms with van der Waals surface area (Å²) < 4.78 is 26.1. The number of carboxylic acid groups (broad SMARTS) is 1. The topological polar surface area (TPSA) is 111 Å². The Morgan fingerprint density at radius 3 is 2.65 bits per heavy atom. The van der Waals surface area contributed by atoms with E-state index in [-0.39, 0.29) is 36.5 Å². The molecule has 0 unspecified atom stereocenters. The van der Waals surface area contributed by atoms with Crippen LogP contribution in [0.2, 0.25) is 0 Å². The number of sulfonamides is 1. The Labute approximate surface area is 116 Å². The molecular formula is C12H13N3O4S. The van der Waals surface area contributed by atoms with Crippen molar-refractivity contribution in [1.82, 2.24) is 9.29 Å². The van der Waals surface area contributed by atoms with Gasteiger partial charge in [-0.25, -0.2) is 13.4 Å². The van der Waals surface area contributed by atoms with Crippen LogP contribution < -0.4 is 0 Å². The molecule has 106 valence electrons. The molecule has 7 nitrogen and oxygen atoms in total. The second-order valence-corrected chi connectivity index (χ2v) is 6.38. The number of carboxylic acids is 1. The molecule has 0 aromatic carbocycles. The summed E-state index contributed by atoms with van der Waals surface area (Å²) in [5.41, 5.74) is -0.146. The second kappa shape index (κ2) is 5.56. The summed E-state index contributed by atoms with van der Waals surface area (Å²) in [6, 6.07) is 4.55. The molecule has 0 atom stereocenters. The van der Waals surface area contributed by atoms with Crippen LogP contribution in [-0.4, -0.2) is 41.9 Å². The Balaban J connectivity index is 2.25. The minimum absolute atomic E-state index is 0.128. The number of pyridine rings is 1. The van der Waals surface area contributed by atoms with Gasteiger partial charge in [0.2, 0.25) is 10.0 Å². The fourth-order valence-electron chi connectivity index (χ4n) is 2.16. The summed E-state index contributed by atoms with van der Waals surface area (Å²) in [4.78, 5) is 14.5. The van der Waals surface area contributed by atoms with E-state index in [1.807, 2.05) is 0 Å². The first kappa shape index (κ1) is 14.4. The molecule has 0 amide bonds. The molecule has 0 bridgehead atoms. The van der Waals surface area contributed by atoms with Crippen LogP contribution in [0.15, 0.2) is 23.2 Å². The number of rotatable bonds is 3. The van der Waals surface area contributed by atoms with Crippen LogP contribution in [0.3, 0.4) is 0 Å². The molecule has 1 aromatic rings. The van der Waals surface area contributed by atoms with Gasteiger partial charge in [0.05, 0.1) is 5.92 Å². The van der Waals surface area contributed by atoms with Crippen LogP contribution in [0.4, 0.5) is 0 Å². The Hall–Kier alpha value is -1.98. The maximum Gasteiger partial charge on any atom is 0.306 e. The monoisotopic (exact) mass is 295 g/mol. The number of aliphatic carboxylic acids is 1. The molecule has 2 rings (SSSR count). The summed E-state index contributed by atoms with van der Waals surface area (Å²) in [6.45, 7) is 0.276. The second-order valence-electron chi connectivity index (χ2n) is 4.48. The van der Waals surface area contributed by atoms with Crippen molar-refractivity contribution in [3.8, 4) is 6.07 Å². The molecule has 0 saturated carbocycles. The van der Waals surface area contributed by atoms with E-state index >= 15 is 0 Å². The zero-order chi connectivity index (χ0) is 14.8. The molecule has 0 radical (unpaired) electrons. The predicted molar refractivity (Wildman–Crippen MR) is 68.1 cm³/mol. The number of hydrogen-bond acceptors (Lipinski definition) is 5. The minimum atomic E-state index is -3.80. The molecule has 2 heterocycles. The molecule has 0 spiro atoms. The van der Waals surface area contributed by atoms with Crippen LogP contribution in [-0.2, 0) is 14.8 Å². The van der Waals surface area contributed by atoms with Gasteiger partial charge in [0.25, 0.3) is 0 Å². The van der Waals surface area contributed by atoms with Crippen molar-refractivity contribution < 1.29 is 18.3 Å². The number of carbonyl (C=O) groups is 1. The Kier molecular flexibility index (Phi) is 4.01. The Bertz CT molecular complexity index is 658. The number of nitriles is 1. The minimum Gasteiger partial charge on any atom is -0.481 e. The van der Waals surface area contributed by atoms with Gasteiger partial charge in [-0.3, -0.25) is 4.79 Å². The summed E-state index contributed by atoms with van der Waals surface area (Å²) in [5, 5.41) is 17.8. The van der Waals surface area contributed by atoms with Crippen LogP contribution in [0, 0.1) is 17.2 Å². The average Bonchev–Trinajstić information content (AvgIpc) is 2.47. The fraction of sp³-hybridized carbons (Fsp3) is 0.417. The third kappa shape index (κ3) is 2.64. The highest BCUT2D eigenvalue weighted by Crippen LogP contribution is 2.24. The highest BCUT2D eigenvalue weighted by molar-refractivity contribution is 7.89. The lowest BCUT2D eigenvalue weighted by atomic mass is 9.99. The van der Waals surface area contributed by atoms with Crippen LogP contribution in [0.5, 0.6) is 0 Å². The molecule has 1 saturated heterocycles. The lowest BCUT2D eigenvalue weighted by Crippen LogP contribution is -2.40. The molecule has 8 heteroatoms. The normalized spacial score (nSPS) is 17.6. The van der Waals surface area contributed by atoms with Gasteiger partial charge in [0.15, 0.2) is 5.69 Å². The molecular weight excluding hydrogens is 282 g/mol. The summed E-state index contributed by atoms with van der Waals surface area (Å²) in [5.74, 6) is -1.41. The predicted octanol–water partition coefficient (Wildman–Crippen LogP) is 0.439. The SMILES string of the molecule is N#Cc1ncccc1S(=O)(=O)N1CCC(C(=O)O)CC1. The molecule has 1 aliphatic rings. The van der Waals surface area contributed by atoms with E-state index < -0.39 is 21.9 Å². The van der Waals surface area contributed by atoms with Crippen LogP contribution in [0.1, 0.15) is 18.5 Å². The number of nitrogens with zero attached hydrogens (tertiary/aromatic N) is 3. The Morgan fingerprint density at radius 2 is 2.10 bits per heavy atom. The van der Waals surface area contributed by atoms with Gasteiger partial charge in [-0.1, -0.05) is 0 Å². The standard InChI is InChI=1S/C12H13N3O4S/c13-8-10-11(2-1-5-14-10)20(18,19)15-6-3-9(4-7-15)12(16)17/h1-2,5,9H,3-4,6-7H2,(H,16,17). The molecule has 1 aliphatic heterocycles. The number of aromatic nitrogens is 1. The molecule has 1 aromatic heterocycles. The smallest absolute Gasteiger partial charge is 0.306 e. The van der Waals surface area contributed by atoms with E-state index in [2.05, 4.69) is 4.98 Å². The van der Waals surface area contributed by atoms with Crippen LogP contribution in [0.25, 0.3) is 0 Å². The number of hydrogen-bond donors (Lipinski definition) is 1. The van der Waals surface area contributed by atoms with Gasteiger partial charge in [-0.15, -0.1) is 0 Å². The van der Waals surface area contributed by atoms with Crippen molar-refractivity contribution in [3.05, 3.63) is 24.0 Å². The molecule has 20 heavy (non-hydrogen) atoms. The maximum absolute atomic E-state index is 12.4. The highest BCUT2D eigenvalue weighted by atomic mass is 32.2. The van der Waals surface area contributed by atoms with E-state index in [9.17, 15) is 13.2 Å². The van der Waals surface area contributed by atoms with Crippen LogP contribution >= 0.6 is 0 Å². The summed E-state index contributed by atoms with van der Waals surface area (Å²) in [6.07, 6.45) is 1.90. The van der Waals surface area contributed by atoms with E-state index in [1.54, 1.807) is 6.07 Å². The zero-order valence-corrected chi connectivity index (χ0v) is 11.4. The summed E-state index contributed by atoms with van der Waals surface area (Å²) in [7, 11) is -3.80. The van der Waals surface area contributed by atoms with Gasteiger partial charge in [-0.2, -0.15) is 9.57 Å². The third-order valence-electron chi connectivity index (χ3n) is 3.30. The van der Waals surface area contributed by atoms with Gasteiger partial charge in [0.1, 0.15) is 11.0 Å². The number of piperidine rings is 1. The molecule has 1 fully saturated rings. The van der Waals surface area contributed by atoms with E-state index in [4.69, 9.17) is 10.4 Å². The van der Waals surface area contributed by atoms with Crippen molar-refractivity contribution in [3.63, 3.8) is 0 Å². The van der Waals surface area contributed by atoms with E-state index in [0.29, 0.717) is 0 Å². The lowest BCUT2D eigenvalue weighted by Gasteiger charge is -2.29. The van der Waals surface area contributed by atoms with E-state index in [1.165, 1.54) is 22.6 Å². The van der Waals surface area contributed by atoms with Crippen molar-refractivity contribution in [2.24, 2.45) is 5.92 Å². The summed E-state index contributed by atoms with van der Waals surface area (Å²) >= 11 is 0. The van der Waals surface area contributed by atoms with Crippen molar-refractivity contribution >= 4 is 16.0 Å². The van der Waals surface area contributed by atoms with Gasteiger partial charge in [0, 0.05) is 19.3 Å². The Morgan fingerprint density at radius 1 is 1.45 bits per heavy atom. The van der Waals surface area contributed by atoms with Crippen molar-refractivity contribution in [1.29, 1.82) is 5.26 Å². The van der Waals surface area contributed by atoms with Gasteiger partial charge >= 0.3 is 5.97 Å². The lowest BCUT2D eigenvalue weighted by molar-refractivity contribution is -0.142. The molecule has 1 N–H and O–H groups in total. The zero-order valence-electron chi connectivity index (χ0n) is 10.6. The first-order valence-electron chi connectivity index (χ1n) is 6.05. The largest absolute Gasteiger partial charge is 0.481 e. The fourth-order valence-corrected chi connectivity index (χ4v) is 3.73. The highest BCUT2D eigenvalue weighted by Gasteiger charge is 2.33. The molecule has 0 aliphatic carbocycles. The first-order valence-corrected chi connectivity index (χ1v) is 7.49. The van der Waals surface area contributed by atoms with Gasteiger partial charge < -0.3 is 5.11 Å². The maximum atomic E-state index is 12.4. The quantitative estimate of drug-likeness (QED) is 0.866. The third-order valence-corrected chi connectivity index (χ3v) is 5.23. The van der Waals surface area contributed by atoms with Crippen molar-refractivity contribution in [2.75, 3.05) is 13.1 Å².